The summed E-state index contributed by atoms with van der Waals surface area (Å²) in [6.45, 7) is 6.08. The van der Waals surface area contributed by atoms with E-state index in [9.17, 15) is 4.79 Å². The summed E-state index contributed by atoms with van der Waals surface area (Å²) in [5.41, 5.74) is 4.17. The number of hydrogen-bond acceptors (Lipinski definition) is 4. The lowest BCUT2D eigenvalue weighted by Crippen LogP contribution is -2.37. The van der Waals surface area contributed by atoms with E-state index in [0.717, 1.165) is 23.2 Å². The van der Waals surface area contributed by atoms with Crippen LogP contribution in [0.15, 0.2) is 65.7 Å². The van der Waals surface area contributed by atoms with Crippen molar-refractivity contribution >= 4 is 23.5 Å². The zero-order valence-corrected chi connectivity index (χ0v) is 16.0. The number of anilines is 1. The first-order valence-corrected chi connectivity index (χ1v) is 9.24. The van der Waals surface area contributed by atoms with Crippen LogP contribution in [0.3, 0.4) is 0 Å². The molecular formula is C23H22N2O3. The summed E-state index contributed by atoms with van der Waals surface area (Å²) >= 11 is 0. The van der Waals surface area contributed by atoms with E-state index in [2.05, 4.69) is 17.6 Å². The minimum atomic E-state index is -0.0805. The molecule has 0 spiro atoms. The van der Waals surface area contributed by atoms with E-state index < -0.39 is 0 Å². The molecular weight excluding hydrogens is 352 g/mol. The third-order valence-corrected chi connectivity index (χ3v) is 5.16. The van der Waals surface area contributed by atoms with Crippen molar-refractivity contribution in [3.8, 4) is 11.5 Å². The van der Waals surface area contributed by atoms with Gasteiger partial charge >= 0.3 is 0 Å². The maximum Gasteiger partial charge on any atom is 0.261 e. The van der Waals surface area contributed by atoms with Crippen LogP contribution in [0.1, 0.15) is 22.8 Å². The van der Waals surface area contributed by atoms with Crippen LogP contribution in [0.5, 0.6) is 11.5 Å². The van der Waals surface area contributed by atoms with Gasteiger partial charge in [-0.15, -0.1) is 0 Å². The van der Waals surface area contributed by atoms with Crippen LogP contribution in [-0.2, 0) is 6.42 Å². The lowest BCUT2D eigenvalue weighted by molar-refractivity contribution is 0.0986. The lowest BCUT2D eigenvalue weighted by atomic mass is 10.1. The van der Waals surface area contributed by atoms with Crippen LogP contribution < -0.4 is 14.4 Å². The fourth-order valence-electron chi connectivity index (χ4n) is 3.61. The summed E-state index contributed by atoms with van der Waals surface area (Å²) < 4.78 is 11.4. The summed E-state index contributed by atoms with van der Waals surface area (Å²) in [5, 5.41) is 0. The summed E-state index contributed by atoms with van der Waals surface area (Å²) in [5.74, 6) is 0.982. The first-order chi connectivity index (χ1) is 13.7. The van der Waals surface area contributed by atoms with Gasteiger partial charge in [0.2, 0.25) is 0 Å². The number of benzene rings is 2. The topological polar surface area (TPSA) is 51.1 Å². The summed E-state index contributed by atoms with van der Waals surface area (Å²) in [4.78, 5) is 19.8. The van der Waals surface area contributed by atoms with E-state index in [1.54, 1.807) is 25.3 Å². The van der Waals surface area contributed by atoms with Gasteiger partial charge in [0.1, 0.15) is 6.61 Å². The molecule has 142 valence electrons. The molecule has 4 rings (SSSR count). The van der Waals surface area contributed by atoms with Crippen molar-refractivity contribution in [3.05, 3.63) is 71.8 Å². The van der Waals surface area contributed by atoms with E-state index in [0.29, 0.717) is 29.4 Å². The van der Waals surface area contributed by atoms with Crippen molar-refractivity contribution in [3.63, 3.8) is 0 Å². The summed E-state index contributed by atoms with van der Waals surface area (Å²) in [6, 6.07) is 11.4. The normalized spacial score (nSPS) is 17.5. The zero-order valence-electron chi connectivity index (χ0n) is 16.0. The van der Waals surface area contributed by atoms with E-state index in [1.807, 2.05) is 42.3 Å². The average Bonchev–Trinajstić information content (AvgIpc) is 3.04. The largest absolute Gasteiger partial charge is 0.493 e. The van der Waals surface area contributed by atoms with Crippen LogP contribution in [0, 0.1) is 0 Å². The molecule has 0 saturated carbocycles. The van der Waals surface area contributed by atoms with Gasteiger partial charge in [0.05, 0.1) is 24.4 Å². The quantitative estimate of drug-likeness (QED) is 0.725. The van der Waals surface area contributed by atoms with Crippen LogP contribution in [0.2, 0.25) is 0 Å². The number of carbonyl (C=O) groups excluding carboxylic acids is 1. The molecule has 0 saturated heterocycles. The third-order valence-electron chi connectivity index (χ3n) is 5.16. The van der Waals surface area contributed by atoms with Gasteiger partial charge < -0.3 is 9.47 Å². The number of fused-ring (bicyclic) bond motifs is 4. The number of methoxy groups -OCH3 is 1. The number of aliphatic imine (C=N–C) groups is 1. The van der Waals surface area contributed by atoms with E-state index in [4.69, 9.17) is 9.47 Å². The molecule has 2 heterocycles. The Morgan fingerprint density at radius 2 is 2.14 bits per heavy atom. The Kier molecular flexibility index (Phi) is 4.74. The molecule has 5 heteroatoms. The highest BCUT2D eigenvalue weighted by Gasteiger charge is 2.36. The van der Waals surface area contributed by atoms with E-state index in [1.165, 1.54) is 0 Å². The Bertz CT molecular complexity index is 1010. The molecule has 0 N–H and O–H groups in total. The van der Waals surface area contributed by atoms with E-state index in [-0.39, 0.29) is 11.9 Å². The Labute approximate surface area is 164 Å². The minimum absolute atomic E-state index is 0.0764. The molecule has 0 radical (unpaired) electrons. The number of para-hydroxylation sites is 1. The van der Waals surface area contributed by atoms with Crippen molar-refractivity contribution in [2.24, 2.45) is 4.99 Å². The second-order valence-corrected chi connectivity index (χ2v) is 6.73. The molecule has 1 atom stereocenters. The van der Waals surface area contributed by atoms with Gasteiger partial charge in [-0.3, -0.25) is 14.7 Å². The molecule has 0 bridgehead atoms. The van der Waals surface area contributed by atoms with Crippen LogP contribution >= 0.6 is 0 Å². The molecule has 1 amide bonds. The van der Waals surface area contributed by atoms with Gasteiger partial charge in [0, 0.05) is 24.4 Å². The predicted molar refractivity (Wildman–Crippen MR) is 111 cm³/mol. The van der Waals surface area contributed by atoms with Gasteiger partial charge in [0.15, 0.2) is 11.5 Å². The van der Waals surface area contributed by atoms with Gasteiger partial charge in [-0.25, -0.2) is 0 Å². The number of carbonyl (C=O) groups is 1. The molecule has 5 nitrogen and oxygen atoms in total. The first kappa shape index (κ1) is 18.0. The Hall–Kier alpha value is -3.34. The highest BCUT2D eigenvalue weighted by molar-refractivity contribution is 6.14. The lowest BCUT2D eigenvalue weighted by Gasteiger charge is -2.22. The predicted octanol–water partition coefficient (Wildman–Crippen LogP) is 4.49. The Morgan fingerprint density at radius 1 is 1.32 bits per heavy atom. The van der Waals surface area contributed by atoms with Gasteiger partial charge in [-0.1, -0.05) is 36.9 Å². The SMILES string of the molecule is C=C/C(=C\C)COc1cc2c(cc1OC)C(=O)N1c3ccccc3C[C@H]1C=N2. The van der Waals surface area contributed by atoms with Crippen LogP contribution in [0.25, 0.3) is 0 Å². The van der Waals surface area contributed by atoms with Gasteiger partial charge in [-0.2, -0.15) is 0 Å². The second kappa shape index (κ2) is 7.35. The molecule has 0 unspecified atom stereocenters. The Balaban J connectivity index is 1.72. The number of rotatable bonds is 5. The number of amides is 1. The van der Waals surface area contributed by atoms with Gasteiger partial charge in [-0.05, 0) is 30.2 Å². The second-order valence-electron chi connectivity index (χ2n) is 6.73. The van der Waals surface area contributed by atoms with Crippen LogP contribution in [-0.4, -0.2) is 31.9 Å². The minimum Gasteiger partial charge on any atom is -0.493 e. The monoisotopic (exact) mass is 374 g/mol. The number of ether oxygens (including phenoxy) is 2. The smallest absolute Gasteiger partial charge is 0.261 e. The van der Waals surface area contributed by atoms with Crippen molar-refractivity contribution in [1.82, 2.24) is 0 Å². The fraction of sp³-hybridized carbons (Fsp3) is 0.217. The summed E-state index contributed by atoms with van der Waals surface area (Å²) in [6.07, 6.45) is 6.31. The highest BCUT2D eigenvalue weighted by Crippen LogP contribution is 2.40. The third kappa shape index (κ3) is 2.99. The first-order valence-electron chi connectivity index (χ1n) is 9.24. The zero-order chi connectivity index (χ0) is 19.7. The van der Waals surface area contributed by atoms with Crippen LogP contribution in [0.4, 0.5) is 11.4 Å². The molecule has 2 aromatic rings. The van der Waals surface area contributed by atoms with E-state index >= 15 is 0 Å². The number of allylic oxidation sites excluding steroid dienone is 1. The number of hydrogen-bond donors (Lipinski definition) is 0. The molecule has 2 aliphatic heterocycles. The molecule has 0 fully saturated rings. The average molecular weight is 374 g/mol. The maximum absolute atomic E-state index is 13.3. The van der Waals surface area contributed by atoms with Gasteiger partial charge in [0.25, 0.3) is 5.91 Å². The summed E-state index contributed by atoms with van der Waals surface area (Å²) in [7, 11) is 1.57. The molecule has 0 aliphatic carbocycles. The molecule has 2 aromatic carbocycles. The molecule has 28 heavy (non-hydrogen) atoms. The fourth-order valence-corrected chi connectivity index (χ4v) is 3.61. The standard InChI is InChI=1S/C23H22N2O3/c1-4-15(5-2)14-28-22-12-19-18(11-21(22)27-3)23(26)25-17(13-24-19)10-16-8-6-7-9-20(16)25/h4-9,11-13,17H,1,10,14H2,2-3H3/b15-5+/t17-/m0/s1. The van der Waals surface area contributed by atoms with Crippen molar-refractivity contribution in [2.75, 3.05) is 18.6 Å². The molecule has 2 aliphatic rings. The van der Waals surface area contributed by atoms with Crippen molar-refractivity contribution < 1.29 is 14.3 Å². The maximum atomic E-state index is 13.3. The molecule has 0 aromatic heterocycles. The Morgan fingerprint density at radius 3 is 2.89 bits per heavy atom. The van der Waals surface area contributed by atoms with Crippen molar-refractivity contribution in [1.29, 1.82) is 0 Å². The number of nitrogens with zero attached hydrogens (tertiary/aromatic N) is 2. The van der Waals surface area contributed by atoms with Crippen molar-refractivity contribution in [2.45, 2.75) is 19.4 Å². The highest BCUT2D eigenvalue weighted by atomic mass is 16.5.